The van der Waals surface area contributed by atoms with E-state index >= 15 is 4.39 Å². The molecule has 0 N–H and O–H groups in total. The first-order valence-electron chi connectivity index (χ1n) is 13.1. The number of hydrogen-bond donors (Lipinski definition) is 0. The van der Waals surface area contributed by atoms with Crippen molar-refractivity contribution >= 4 is 36.5 Å². The molecule has 6 rings (SSSR count). The van der Waals surface area contributed by atoms with Gasteiger partial charge in [-0.3, -0.25) is 0 Å². The van der Waals surface area contributed by atoms with Crippen LogP contribution in [0, 0.1) is 10.5 Å². The van der Waals surface area contributed by atoms with Crippen LogP contribution in [0.2, 0.25) is 0 Å². The number of anilines is 1. The first-order valence-corrected chi connectivity index (χ1v) is 16.8. The Kier molecular flexibility index (Phi) is 6.76. The van der Waals surface area contributed by atoms with E-state index in [2.05, 4.69) is 52.7 Å². The number of nitrogens with zero attached hydrogens (tertiary/aromatic N) is 6. The predicted octanol–water partition coefficient (Wildman–Crippen LogP) is 3.82. The monoisotopic (exact) mass is 638 g/mol. The molecule has 0 aliphatic carbocycles. The molecule has 5 heterocycles. The van der Waals surface area contributed by atoms with Crippen molar-refractivity contribution in [3.05, 3.63) is 33.5 Å². The summed E-state index contributed by atoms with van der Waals surface area (Å²) < 4.78 is 35.6. The molecule has 3 aliphatic heterocycles. The average Bonchev–Trinajstić information content (AvgIpc) is 3.24. The van der Waals surface area contributed by atoms with Gasteiger partial charge in [0.2, 0.25) is 0 Å². The Morgan fingerprint density at radius 2 is 1.87 bits per heavy atom. The number of morpholine rings is 1. The molecule has 38 heavy (non-hydrogen) atoms. The zero-order valence-electron chi connectivity index (χ0n) is 22.7. The van der Waals surface area contributed by atoms with Crippen molar-refractivity contribution in [3.8, 4) is 11.8 Å². The molecule has 0 radical (unpaired) electrons. The van der Waals surface area contributed by atoms with E-state index in [1.807, 2.05) is 23.9 Å². The van der Waals surface area contributed by atoms with Crippen molar-refractivity contribution < 1.29 is 18.6 Å². The Labute approximate surface area is 230 Å². The van der Waals surface area contributed by atoms with E-state index < -0.39 is 23.5 Å². The normalized spacial score (nSPS) is 25.5. The third-order valence-corrected chi connectivity index (χ3v) is 14.9. The van der Waals surface area contributed by atoms with E-state index in [1.165, 1.54) is 3.57 Å². The number of ether oxygens (including phenoxy) is 3. The van der Waals surface area contributed by atoms with Gasteiger partial charge in [-0.05, 0) is 0 Å². The number of alkyl halides is 3. The van der Waals surface area contributed by atoms with Gasteiger partial charge in [0.25, 0.3) is 0 Å². The minimum atomic E-state index is -2.16. The van der Waals surface area contributed by atoms with Crippen LogP contribution in [-0.4, -0.2) is 97.5 Å². The van der Waals surface area contributed by atoms with Gasteiger partial charge in [0, 0.05) is 0 Å². The van der Waals surface area contributed by atoms with Gasteiger partial charge in [0.05, 0.1) is 0 Å². The second-order valence-electron chi connectivity index (χ2n) is 11.1. The fourth-order valence-electron chi connectivity index (χ4n) is 5.57. The molecular weight excluding hydrogens is 602 g/mol. The first-order chi connectivity index (χ1) is 18.2. The minimum absolute atomic E-state index is 0.219. The summed E-state index contributed by atoms with van der Waals surface area (Å²) in [5, 5.41) is 5.72. The van der Waals surface area contributed by atoms with Gasteiger partial charge < -0.3 is 0 Å². The van der Waals surface area contributed by atoms with E-state index in [4.69, 9.17) is 19.3 Å². The predicted molar refractivity (Wildman–Crippen MR) is 153 cm³/mol. The number of benzene rings is 1. The molecule has 0 saturated carbocycles. The van der Waals surface area contributed by atoms with Gasteiger partial charge in [-0.1, -0.05) is 0 Å². The van der Waals surface area contributed by atoms with Gasteiger partial charge in [-0.2, -0.15) is 0 Å². The van der Waals surface area contributed by atoms with Crippen LogP contribution in [0.3, 0.4) is 0 Å². The number of halogens is 2. The molecule has 0 unspecified atom stereocenters. The van der Waals surface area contributed by atoms with Gasteiger partial charge in [-0.25, -0.2) is 0 Å². The number of rotatable bonds is 5. The van der Waals surface area contributed by atoms with Gasteiger partial charge in [0.1, 0.15) is 0 Å². The standard InChI is InChI=1S/C27H36FIN6O3/c1-18-10-19-13-30-35(24-12-23(31-25(32-24)36-5)34-8-9-37-17-26(34,2)3)22(19)11-21(18)29-6-7-33(16-27(29,4)28)20-14-38-15-20/h10-13,20H,6-9,14-17H2,1-5H3/t27-/m0/s1. The maximum atomic E-state index is 16.3. The molecule has 3 aliphatic rings. The second-order valence-corrected chi connectivity index (χ2v) is 17.6. The summed E-state index contributed by atoms with van der Waals surface area (Å²) in [6.07, 6.45) is 1.86. The zero-order chi connectivity index (χ0) is 26.7. The van der Waals surface area contributed by atoms with E-state index in [-0.39, 0.29) is 11.5 Å². The number of fused-ring (bicyclic) bond motifs is 1. The van der Waals surface area contributed by atoms with Crippen LogP contribution in [0.4, 0.5) is 10.2 Å². The summed E-state index contributed by atoms with van der Waals surface area (Å²) in [7, 11) is 1.58. The molecule has 0 spiro atoms. The molecule has 206 valence electrons. The van der Waals surface area contributed by atoms with Crippen molar-refractivity contribution in [2.24, 2.45) is 0 Å². The first kappa shape index (κ1) is 26.1. The Morgan fingerprint density at radius 3 is 2.55 bits per heavy atom. The topological polar surface area (TPSA) is 77.8 Å². The maximum absolute atomic E-state index is 16.3. The summed E-state index contributed by atoms with van der Waals surface area (Å²) in [5.41, 5.74) is 1.87. The SMILES string of the molecule is COc1nc(N2CCOCC2(C)C)cc(-n2ncc3cc(C)c(I4CCN(C5COC5)C[C@@]4(C)F)cc32)n1. The number of aromatic nitrogens is 4. The molecule has 2 aromatic heterocycles. The van der Waals surface area contributed by atoms with Crippen LogP contribution in [-0.2, 0) is 9.47 Å². The summed E-state index contributed by atoms with van der Waals surface area (Å²) >= 11 is -2.16. The van der Waals surface area contributed by atoms with Crippen LogP contribution < -0.4 is 9.64 Å². The number of methoxy groups -OCH3 is 1. The molecule has 11 heteroatoms. The van der Waals surface area contributed by atoms with Crippen LogP contribution in [0.1, 0.15) is 26.3 Å². The van der Waals surface area contributed by atoms with Crippen LogP contribution in [0.25, 0.3) is 16.7 Å². The molecule has 9 nitrogen and oxygen atoms in total. The third kappa shape index (κ3) is 4.65. The van der Waals surface area contributed by atoms with Crippen molar-refractivity contribution in [1.29, 1.82) is 0 Å². The van der Waals surface area contributed by atoms with E-state index in [0.717, 1.165) is 53.0 Å². The Balaban J connectivity index is 1.38. The molecule has 3 fully saturated rings. The van der Waals surface area contributed by atoms with Crippen LogP contribution in [0.15, 0.2) is 24.4 Å². The molecule has 1 atom stereocenters. The molecule has 3 saturated heterocycles. The quantitative estimate of drug-likeness (QED) is 0.309. The molecular formula is C27H36FIN6O3. The summed E-state index contributed by atoms with van der Waals surface area (Å²) in [5.74, 6) is 1.40. The summed E-state index contributed by atoms with van der Waals surface area (Å²) in [4.78, 5) is 13.8. The molecule has 1 aromatic carbocycles. The van der Waals surface area contributed by atoms with Crippen molar-refractivity contribution in [2.75, 3.05) is 62.5 Å². The fraction of sp³-hybridized carbons (Fsp3) is 0.593. The Hall–Kier alpha value is -2.09. The Bertz CT molecular complexity index is 1340. The fourth-order valence-corrected chi connectivity index (χ4v) is 12.3. The number of hydrogen-bond acceptors (Lipinski definition) is 8. The van der Waals surface area contributed by atoms with Gasteiger partial charge in [-0.15, -0.1) is 0 Å². The number of aryl methyl sites for hydroxylation is 1. The molecule has 3 aromatic rings. The zero-order valence-corrected chi connectivity index (χ0v) is 24.9. The molecule has 0 bridgehead atoms. The molecule has 0 amide bonds. The Morgan fingerprint density at radius 1 is 1.08 bits per heavy atom. The van der Waals surface area contributed by atoms with Crippen LogP contribution in [0.5, 0.6) is 6.01 Å². The van der Waals surface area contributed by atoms with Crippen molar-refractivity contribution in [2.45, 2.75) is 43.0 Å². The third-order valence-electron chi connectivity index (χ3n) is 7.75. The van der Waals surface area contributed by atoms with E-state index in [9.17, 15) is 0 Å². The average molecular weight is 639 g/mol. The van der Waals surface area contributed by atoms with E-state index in [1.54, 1.807) is 7.11 Å². The van der Waals surface area contributed by atoms with Gasteiger partial charge in [0.15, 0.2) is 0 Å². The van der Waals surface area contributed by atoms with Crippen LogP contribution >= 0.6 is 19.8 Å². The second kappa shape index (κ2) is 9.83. The van der Waals surface area contributed by atoms with Crippen molar-refractivity contribution in [1.82, 2.24) is 24.6 Å². The van der Waals surface area contributed by atoms with Gasteiger partial charge >= 0.3 is 231 Å². The van der Waals surface area contributed by atoms with Crippen molar-refractivity contribution in [3.63, 3.8) is 0 Å². The summed E-state index contributed by atoms with van der Waals surface area (Å²) in [6, 6.07) is 6.94. The van der Waals surface area contributed by atoms with E-state index in [0.29, 0.717) is 31.6 Å². The summed E-state index contributed by atoms with van der Waals surface area (Å²) in [6.45, 7) is 13.1.